The van der Waals surface area contributed by atoms with Crippen molar-refractivity contribution in [3.05, 3.63) is 40.8 Å². The Morgan fingerprint density at radius 2 is 1.92 bits per heavy atom. The third kappa shape index (κ3) is 5.01. The van der Waals surface area contributed by atoms with Gasteiger partial charge in [-0.15, -0.1) is 0 Å². The summed E-state index contributed by atoms with van der Waals surface area (Å²) in [5.41, 5.74) is 4.18. The number of hydrogen-bond donors (Lipinski definition) is 3. The van der Waals surface area contributed by atoms with Crippen LogP contribution in [0.1, 0.15) is 37.3 Å². The van der Waals surface area contributed by atoms with Gasteiger partial charge in [-0.2, -0.15) is 13.2 Å². The Labute approximate surface area is 145 Å². The molecule has 0 saturated carbocycles. The number of Topliss-reactive ketones (excluding diaryl/α,β-unsaturated/α-hetero) is 1. The van der Waals surface area contributed by atoms with Gasteiger partial charge in [0.15, 0.2) is 0 Å². The molecule has 8 heteroatoms. The van der Waals surface area contributed by atoms with E-state index in [2.05, 4.69) is 21.5 Å². The first-order valence-electron chi connectivity index (χ1n) is 8.34. The van der Waals surface area contributed by atoms with Gasteiger partial charge in [-0.05, 0) is 44.5 Å². The van der Waals surface area contributed by atoms with Crippen molar-refractivity contribution in [3.8, 4) is 0 Å². The number of nitrogens with one attached hydrogen (secondary N) is 3. The van der Waals surface area contributed by atoms with Crippen LogP contribution in [0.4, 0.5) is 13.2 Å². The largest absolute Gasteiger partial charge is 0.570 e. The normalized spacial score (nSPS) is 21.2. The van der Waals surface area contributed by atoms with Crippen molar-refractivity contribution >= 4 is 5.78 Å². The highest BCUT2D eigenvalue weighted by Gasteiger charge is 2.53. The molecule has 1 heterocycles. The zero-order valence-corrected chi connectivity index (χ0v) is 14.4. The Hall–Kier alpha value is -1.48. The molecule has 1 fully saturated rings. The van der Waals surface area contributed by atoms with Crippen LogP contribution in [0.5, 0.6) is 0 Å². The summed E-state index contributed by atoms with van der Waals surface area (Å²) in [5.74, 6) is 0.143. The summed E-state index contributed by atoms with van der Waals surface area (Å²) in [4.78, 5) is 11.3. The van der Waals surface area contributed by atoms with E-state index < -0.39 is 11.8 Å². The molecule has 1 aromatic rings. The lowest BCUT2D eigenvalue weighted by molar-refractivity contribution is -0.159. The molecule has 2 unspecified atom stereocenters. The summed E-state index contributed by atoms with van der Waals surface area (Å²) < 4.78 is 38.8. The second kappa shape index (κ2) is 8.27. The van der Waals surface area contributed by atoms with Crippen molar-refractivity contribution in [2.45, 2.75) is 50.6 Å². The average Bonchev–Trinajstić information content (AvgIpc) is 3.36. The fourth-order valence-corrected chi connectivity index (χ4v) is 2.72. The summed E-state index contributed by atoms with van der Waals surface area (Å²) in [6, 6.07) is 6.18. The molecule has 1 aliphatic heterocycles. The molecule has 3 N–H and O–H groups in total. The molecule has 0 aromatic heterocycles. The van der Waals surface area contributed by atoms with E-state index in [4.69, 9.17) is 0 Å². The summed E-state index contributed by atoms with van der Waals surface area (Å²) >= 11 is 0. The van der Waals surface area contributed by atoms with Crippen LogP contribution >= 0.6 is 0 Å². The molecule has 1 saturated heterocycles. The van der Waals surface area contributed by atoms with Crippen LogP contribution in [0.3, 0.4) is 0 Å². The third-order valence-corrected chi connectivity index (χ3v) is 4.38. The molecule has 25 heavy (non-hydrogen) atoms. The number of rotatable bonds is 10. The minimum atomic E-state index is -4.43. The summed E-state index contributed by atoms with van der Waals surface area (Å²) in [7, 11) is 1.78. The molecule has 0 bridgehead atoms. The lowest BCUT2D eigenvalue weighted by atomic mass is 10.0. The van der Waals surface area contributed by atoms with Gasteiger partial charge in [-0.3, -0.25) is 4.79 Å². The summed E-state index contributed by atoms with van der Waals surface area (Å²) in [5, 5.41) is 6.25. The zero-order valence-electron chi connectivity index (χ0n) is 14.4. The fourth-order valence-electron chi connectivity index (χ4n) is 2.72. The van der Waals surface area contributed by atoms with Gasteiger partial charge in [0.1, 0.15) is 5.78 Å². The SMILES string of the molecule is CNC(CCCCNCc1ccc(C2(C(F)(F)F)[N-]N2)cc1)C(C)=O. The highest BCUT2D eigenvalue weighted by atomic mass is 19.4. The Morgan fingerprint density at radius 3 is 2.40 bits per heavy atom. The van der Waals surface area contributed by atoms with Crippen molar-refractivity contribution in [2.75, 3.05) is 13.6 Å². The van der Waals surface area contributed by atoms with Gasteiger partial charge < -0.3 is 21.5 Å². The zero-order chi connectivity index (χ0) is 18.5. The number of carbonyl (C=O) groups excluding carboxylic acids is 1. The molecule has 1 aliphatic rings. The van der Waals surface area contributed by atoms with Gasteiger partial charge in [0, 0.05) is 12.2 Å². The maximum absolute atomic E-state index is 12.9. The van der Waals surface area contributed by atoms with E-state index in [-0.39, 0.29) is 17.4 Å². The minimum Gasteiger partial charge on any atom is -0.570 e. The number of nitrogens with zero attached hydrogens (tertiary/aromatic N) is 1. The molecule has 0 amide bonds. The number of benzene rings is 1. The van der Waals surface area contributed by atoms with Crippen molar-refractivity contribution in [1.29, 1.82) is 0 Å². The van der Waals surface area contributed by atoms with Gasteiger partial charge in [-0.1, -0.05) is 30.7 Å². The van der Waals surface area contributed by atoms with E-state index in [1.54, 1.807) is 26.1 Å². The predicted octanol–water partition coefficient (Wildman–Crippen LogP) is 2.73. The number of halogens is 3. The topological polar surface area (TPSA) is 77.2 Å². The average molecular weight is 357 g/mol. The molecule has 2 rings (SSSR count). The smallest absolute Gasteiger partial charge is 0.391 e. The predicted molar refractivity (Wildman–Crippen MR) is 89.8 cm³/mol. The Bertz CT molecular complexity index is 570. The number of alkyl halides is 3. The van der Waals surface area contributed by atoms with E-state index in [0.29, 0.717) is 6.54 Å². The molecule has 0 aliphatic carbocycles. The molecule has 5 nitrogen and oxygen atoms in total. The second-order valence-electron chi connectivity index (χ2n) is 6.25. The maximum atomic E-state index is 12.9. The Kier molecular flexibility index (Phi) is 6.56. The molecular formula is C17H24F3N4O-. The van der Waals surface area contributed by atoms with Crippen molar-refractivity contribution in [1.82, 2.24) is 16.1 Å². The van der Waals surface area contributed by atoms with Crippen LogP contribution in [0.2, 0.25) is 0 Å². The molecule has 0 radical (unpaired) electrons. The minimum absolute atomic E-state index is 0.0880. The summed E-state index contributed by atoms with van der Waals surface area (Å²) in [6.07, 6.45) is -1.77. The third-order valence-electron chi connectivity index (χ3n) is 4.38. The number of carbonyl (C=O) groups is 1. The first kappa shape index (κ1) is 19.8. The van der Waals surface area contributed by atoms with E-state index >= 15 is 0 Å². The fraction of sp³-hybridized carbons (Fsp3) is 0.588. The first-order valence-corrected chi connectivity index (χ1v) is 8.34. The highest BCUT2D eigenvalue weighted by molar-refractivity contribution is 5.81. The van der Waals surface area contributed by atoms with Crippen LogP contribution < -0.4 is 16.1 Å². The van der Waals surface area contributed by atoms with Crippen molar-refractivity contribution in [2.24, 2.45) is 0 Å². The second-order valence-corrected chi connectivity index (χ2v) is 6.25. The number of ketones is 1. The van der Waals surface area contributed by atoms with Gasteiger partial charge >= 0.3 is 6.18 Å². The van der Waals surface area contributed by atoms with Crippen molar-refractivity contribution < 1.29 is 18.0 Å². The van der Waals surface area contributed by atoms with Crippen LogP contribution in [0.25, 0.3) is 5.43 Å². The van der Waals surface area contributed by atoms with Gasteiger partial charge in [-0.25, -0.2) is 0 Å². The van der Waals surface area contributed by atoms with E-state index in [9.17, 15) is 18.0 Å². The number of unbranched alkanes of at least 4 members (excludes halogenated alkanes) is 1. The molecule has 140 valence electrons. The van der Waals surface area contributed by atoms with Gasteiger partial charge in [0.2, 0.25) is 0 Å². The number of hydrogen-bond acceptors (Lipinski definition) is 4. The van der Waals surface area contributed by atoms with Crippen LogP contribution in [0, 0.1) is 0 Å². The monoisotopic (exact) mass is 357 g/mol. The first-order chi connectivity index (χ1) is 11.8. The standard InChI is InChI=1S/C17H24F3N4O/c1-12(25)15(21-2)5-3-4-10-22-11-13-6-8-14(9-7-13)16(23-24-16)17(18,19)20/h6-9,15,21-23H,3-5,10-11H2,1-2H3/q-1. The molecule has 0 spiro atoms. The van der Waals surface area contributed by atoms with Crippen molar-refractivity contribution in [3.63, 3.8) is 0 Å². The van der Waals surface area contributed by atoms with Gasteiger partial charge in [0.05, 0.1) is 6.04 Å². The van der Waals surface area contributed by atoms with Crippen LogP contribution in [-0.4, -0.2) is 31.6 Å². The van der Waals surface area contributed by atoms with Crippen LogP contribution in [-0.2, 0) is 17.0 Å². The molecular weight excluding hydrogens is 333 g/mol. The highest BCUT2D eigenvalue weighted by Crippen LogP contribution is 2.51. The molecule has 2 atom stereocenters. The van der Waals surface area contributed by atoms with Gasteiger partial charge in [0.25, 0.3) is 0 Å². The maximum Gasteiger partial charge on any atom is 0.391 e. The van der Waals surface area contributed by atoms with E-state index in [1.807, 2.05) is 0 Å². The summed E-state index contributed by atoms with van der Waals surface area (Å²) in [6.45, 7) is 2.96. The Morgan fingerprint density at radius 1 is 1.28 bits per heavy atom. The lowest BCUT2D eigenvalue weighted by Crippen LogP contribution is -2.32. The quantitative estimate of drug-likeness (QED) is 0.444. The lowest BCUT2D eigenvalue weighted by Gasteiger charge is -2.24. The van der Waals surface area contributed by atoms with Crippen LogP contribution in [0.15, 0.2) is 24.3 Å². The molecule has 1 aromatic carbocycles. The Balaban J connectivity index is 1.70. The number of likely N-dealkylation sites (N-methyl/N-ethyl adjacent to an activating group) is 1. The van der Waals surface area contributed by atoms with E-state index in [1.165, 1.54) is 12.1 Å². The van der Waals surface area contributed by atoms with E-state index in [0.717, 1.165) is 31.4 Å².